The number of hydrogen-bond acceptors (Lipinski definition) is 3. The van der Waals surface area contributed by atoms with E-state index in [9.17, 15) is 27.5 Å². The van der Waals surface area contributed by atoms with Crippen LogP contribution in [0.15, 0.2) is 42.5 Å². The third-order valence-corrected chi connectivity index (χ3v) is 4.93. The summed E-state index contributed by atoms with van der Waals surface area (Å²) in [5, 5.41) is 12.1. The van der Waals surface area contributed by atoms with Crippen LogP contribution in [0.4, 0.5) is 17.6 Å². The highest BCUT2D eigenvalue weighted by atomic mass is 19.4. The summed E-state index contributed by atoms with van der Waals surface area (Å²) < 4.78 is 55.0. The number of hydrogen-bond donors (Lipinski definition) is 2. The number of nitrogens with one attached hydrogen (secondary N) is 1. The maximum Gasteiger partial charge on any atom is 0.416 e. The van der Waals surface area contributed by atoms with E-state index in [2.05, 4.69) is 5.32 Å². The minimum absolute atomic E-state index is 0.139. The lowest BCUT2D eigenvalue weighted by Crippen LogP contribution is -2.45. The first-order chi connectivity index (χ1) is 13.7. The third kappa shape index (κ3) is 4.76. The van der Waals surface area contributed by atoms with Gasteiger partial charge in [-0.05, 0) is 48.2 Å². The lowest BCUT2D eigenvalue weighted by Gasteiger charge is -2.39. The standard InChI is InChI=1S/C21H22F4N2O2/c1-13(28)11-26-12-19(29)27-9-8-14-4-2-3-5-16(14)20(27)17-10-15(22)6-7-18(17)21(23,24)25/h2-7,10,13,20,26,28H,8-9,11-12H2,1H3. The van der Waals surface area contributed by atoms with Gasteiger partial charge in [-0.1, -0.05) is 24.3 Å². The normalized spacial score (nSPS) is 17.7. The molecular formula is C21H22F4N2O2. The van der Waals surface area contributed by atoms with Gasteiger partial charge in [0, 0.05) is 13.1 Å². The van der Waals surface area contributed by atoms with E-state index in [1.807, 2.05) is 6.07 Å². The average Bonchev–Trinajstić information content (AvgIpc) is 2.65. The molecule has 1 aliphatic rings. The summed E-state index contributed by atoms with van der Waals surface area (Å²) in [6.45, 7) is 1.80. The molecule has 1 amide bonds. The largest absolute Gasteiger partial charge is 0.416 e. The fraction of sp³-hybridized carbons (Fsp3) is 0.381. The molecule has 2 atom stereocenters. The number of aliphatic hydroxyl groups is 1. The van der Waals surface area contributed by atoms with Gasteiger partial charge < -0.3 is 15.3 Å². The van der Waals surface area contributed by atoms with Gasteiger partial charge in [-0.25, -0.2) is 4.39 Å². The van der Waals surface area contributed by atoms with E-state index >= 15 is 0 Å². The number of halogens is 4. The number of carbonyl (C=O) groups is 1. The molecule has 1 heterocycles. The van der Waals surface area contributed by atoms with Crippen molar-refractivity contribution in [2.45, 2.75) is 31.7 Å². The highest BCUT2D eigenvalue weighted by Crippen LogP contribution is 2.42. The Balaban J connectivity index is 2.06. The molecule has 8 heteroatoms. The van der Waals surface area contributed by atoms with E-state index in [1.165, 1.54) is 4.90 Å². The molecule has 2 aromatic rings. The highest BCUT2D eigenvalue weighted by Gasteiger charge is 2.40. The van der Waals surface area contributed by atoms with Crippen LogP contribution in [-0.2, 0) is 17.4 Å². The van der Waals surface area contributed by atoms with Crippen molar-refractivity contribution in [3.05, 3.63) is 70.5 Å². The predicted octanol–water partition coefficient (Wildman–Crippen LogP) is 3.29. The topological polar surface area (TPSA) is 52.6 Å². The van der Waals surface area contributed by atoms with Crippen molar-refractivity contribution in [1.82, 2.24) is 10.2 Å². The molecule has 0 radical (unpaired) electrons. The van der Waals surface area contributed by atoms with Crippen molar-refractivity contribution >= 4 is 5.91 Å². The summed E-state index contributed by atoms with van der Waals surface area (Å²) in [5.74, 6) is -1.21. The second-order valence-corrected chi connectivity index (χ2v) is 7.15. The number of carbonyl (C=O) groups excluding carboxylic acids is 1. The van der Waals surface area contributed by atoms with Crippen LogP contribution in [0.1, 0.15) is 35.2 Å². The maximum atomic E-state index is 14.0. The Bertz CT molecular complexity index is 883. The van der Waals surface area contributed by atoms with E-state index in [4.69, 9.17) is 0 Å². The van der Waals surface area contributed by atoms with Gasteiger partial charge in [-0.2, -0.15) is 13.2 Å². The number of amides is 1. The molecule has 0 aliphatic carbocycles. The number of fused-ring (bicyclic) bond motifs is 1. The average molecular weight is 410 g/mol. The molecule has 0 fully saturated rings. The SMILES string of the molecule is CC(O)CNCC(=O)N1CCc2ccccc2C1c1cc(F)ccc1C(F)(F)F. The first-order valence-electron chi connectivity index (χ1n) is 9.31. The molecule has 0 aromatic heterocycles. The smallest absolute Gasteiger partial charge is 0.392 e. The Morgan fingerprint density at radius 2 is 1.97 bits per heavy atom. The van der Waals surface area contributed by atoms with Crippen molar-refractivity contribution in [1.29, 1.82) is 0 Å². The second kappa shape index (κ2) is 8.51. The van der Waals surface area contributed by atoms with Gasteiger partial charge in [-0.3, -0.25) is 4.79 Å². The van der Waals surface area contributed by atoms with Crippen molar-refractivity contribution in [2.24, 2.45) is 0 Å². The molecule has 4 nitrogen and oxygen atoms in total. The van der Waals surface area contributed by atoms with Crippen molar-refractivity contribution in [2.75, 3.05) is 19.6 Å². The zero-order valence-corrected chi connectivity index (χ0v) is 15.8. The minimum Gasteiger partial charge on any atom is -0.392 e. The van der Waals surface area contributed by atoms with Gasteiger partial charge in [0.1, 0.15) is 5.82 Å². The molecule has 29 heavy (non-hydrogen) atoms. The zero-order valence-electron chi connectivity index (χ0n) is 15.8. The van der Waals surface area contributed by atoms with Crippen LogP contribution in [0.5, 0.6) is 0 Å². The van der Waals surface area contributed by atoms with E-state index in [0.717, 1.165) is 23.8 Å². The van der Waals surface area contributed by atoms with Gasteiger partial charge in [0.15, 0.2) is 0 Å². The number of benzene rings is 2. The quantitative estimate of drug-likeness (QED) is 0.744. The van der Waals surface area contributed by atoms with E-state index in [1.54, 1.807) is 25.1 Å². The Morgan fingerprint density at radius 3 is 2.66 bits per heavy atom. The summed E-state index contributed by atoms with van der Waals surface area (Å²) in [6, 6.07) is 8.27. The number of rotatable bonds is 5. The van der Waals surface area contributed by atoms with Crippen molar-refractivity contribution in [3.8, 4) is 0 Å². The number of aliphatic hydroxyl groups excluding tert-OH is 1. The lowest BCUT2D eigenvalue weighted by molar-refractivity contribution is -0.140. The fourth-order valence-electron chi connectivity index (χ4n) is 3.68. The summed E-state index contributed by atoms with van der Waals surface area (Å²) in [6.07, 6.45) is -4.86. The molecule has 0 saturated heterocycles. The lowest BCUT2D eigenvalue weighted by atomic mass is 9.86. The minimum atomic E-state index is -4.69. The van der Waals surface area contributed by atoms with Crippen LogP contribution in [0.3, 0.4) is 0 Å². The molecule has 1 aliphatic heterocycles. The summed E-state index contributed by atoms with van der Waals surface area (Å²) in [5.41, 5.74) is 0.137. The molecule has 0 saturated carbocycles. The van der Waals surface area contributed by atoms with E-state index in [-0.39, 0.29) is 25.2 Å². The van der Waals surface area contributed by atoms with Gasteiger partial charge in [-0.15, -0.1) is 0 Å². The van der Waals surface area contributed by atoms with Crippen LogP contribution in [0.2, 0.25) is 0 Å². The van der Waals surface area contributed by atoms with Gasteiger partial charge in [0.2, 0.25) is 5.91 Å². The summed E-state index contributed by atoms with van der Waals surface area (Å²) >= 11 is 0. The molecule has 0 spiro atoms. The predicted molar refractivity (Wildman–Crippen MR) is 99.7 cm³/mol. The number of nitrogens with zero attached hydrogens (tertiary/aromatic N) is 1. The van der Waals surface area contributed by atoms with Gasteiger partial charge in [0.05, 0.1) is 24.3 Å². The molecule has 2 N–H and O–H groups in total. The highest BCUT2D eigenvalue weighted by molar-refractivity contribution is 5.80. The third-order valence-electron chi connectivity index (χ3n) is 4.93. The van der Waals surface area contributed by atoms with Crippen LogP contribution in [0.25, 0.3) is 0 Å². The molecular weight excluding hydrogens is 388 g/mol. The molecule has 2 aromatic carbocycles. The first kappa shape index (κ1) is 21.3. The Kier molecular flexibility index (Phi) is 6.24. The number of alkyl halides is 3. The Hall–Kier alpha value is -2.45. The molecule has 2 unspecified atom stereocenters. The maximum absolute atomic E-state index is 14.0. The Labute approximate surface area is 166 Å². The van der Waals surface area contributed by atoms with Crippen molar-refractivity contribution in [3.63, 3.8) is 0 Å². The molecule has 0 bridgehead atoms. The van der Waals surface area contributed by atoms with Crippen LogP contribution >= 0.6 is 0 Å². The van der Waals surface area contributed by atoms with Crippen LogP contribution in [-0.4, -0.2) is 41.7 Å². The Morgan fingerprint density at radius 1 is 1.24 bits per heavy atom. The van der Waals surface area contributed by atoms with Gasteiger partial charge >= 0.3 is 6.18 Å². The first-order valence-corrected chi connectivity index (χ1v) is 9.31. The van der Waals surface area contributed by atoms with Crippen LogP contribution in [0, 0.1) is 5.82 Å². The molecule has 3 rings (SSSR count). The zero-order chi connectivity index (χ0) is 21.2. The van der Waals surface area contributed by atoms with Crippen LogP contribution < -0.4 is 5.32 Å². The van der Waals surface area contributed by atoms with E-state index < -0.39 is 35.6 Å². The summed E-state index contributed by atoms with van der Waals surface area (Å²) in [4.78, 5) is 14.2. The van der Waals surface area contributed by atoms with Gasteiger partial charge in [0.25, 0.3) is 0 Å². The fourth-order valence-corrected chi connectivity index (χ4v) is 3.68. The van der Waals surface area contributed by atoms with Crippen molar-refractivity contribution < 1.29 is 27.5 Å². The molecule has 156 valence electrons. The second-order valence-electron chi connectivity index (χ2n) is 7.15. The monoisotopic (exact) mass is 410 g/mol. The summed E-state index contributed by atoms with van der Waals surface area (Å²) in [7, 11) is 0. The van der Waals surface area contributed by atoms with E-state index in [0.29, 0.717) is 12.0 Å².